The van der Waals surface area contributed by atoms with Crippen molar-refractivity contribution < 1.29 is 19.0 Å². The average molecular weight is 296 g/mol. The van der Waals surface area contributed by atoms with Crippen LogP contribution in [-0.4, -0.2) is 26.6 Å². The summed E-state index contributed by atoms with van der Waals surface area (Å²) in [7, 11) is 3.19. The molecule has 2 aromatic rings. The lowest BCUT2D eigenvalue weighted by Crippen LogP contribution is -2.19. The number of ether oxygens (including phenoxy) is 3. The van der Waals surface area contributed by atoms with Crippen molar-refractivity contribution in [2.45, 2.75) is 0 Å². The summed E-state index contributed by atoms with van der Waals surface area (Å²) in [6.45, 7) is 0.233. The van der Waals surface area contributed by atoms with Crippen molar-refractivity contribution in [1.29, 1.82) is 0 Å². The van der Waals surface area contributed by atoms with Gasteiger partial charge in [-0.2, -0.15) is 0 Å². The summed E-state index contributed by atoms with van der Waals surface area (Å²) in [6.07, 6.45) is 1.81. The third kappa shape index (κ3) is 2.55. The van der Waals surface area contributed by atoms with Crippen molar-refractivity contribution in [3.63, 3.8) is 0 Å². The highest BCUT2D eigenvalue weighted by molar-refractivity contribution is 6.14. The Kier molecular flexibility index (Phi) is 3.83. The predicted octanol–water partition coefficient (Wildman–Crippen LogP) is 3.36. The van der Waals surface area contributed by atoms with Crippen LogP contribution in [0.2, 0.25) is 0 Å². The molecule has 1 aliphatic rings. The summed E-state index contributed by atoms with van der Waals surface area (Å²) >= 11 is 0. The van der Waals surface area contributed by atoms with E-state index in [1.165, 1.54) is 0 Å². The lowest BCUT2D eigenvalue weighted by atomic mass is 9.98. The van der Waals surface area contributed by atoms with Crippen molar-refractivity contribution in [2.75, 3.05) is 20.8 Å². The van der Waals surface area contributed by atoms with Crippen LogP contribution in [0.5, 0.6) is 17.2 Å². The molecule has 0 aromatic heterocycles. The Morgan fingerprint density at radius 3 is 2.68 bits per heavy atom. The second-order valence-corrected chi connectivity index (χ2v) is 4.89. The normalized spacial score (nSPS) is 15.2. The number of Topliss-reactive ketones (excluding diaryl/α,β-unsaturated/α-hetero) is 1. The molecule has 0 saturated carbocycles. The molecule has 3 rings (SSSR count). The van der Waals surface area contributed by atoms with Crippen molar-refractivity contribution in [3.8, 4) is 17.2 Å². The van der Waals surface area contributed by atoms with Crippen LogP contribution in [0.3, 0.4) is 0 Å². The van der Waals surface area contributed by atoms with E-state index in [0.717, 1.165) is 11.3 Å². The Balaban J connectivity index is 1.97. The van der Waals surface area contributed by atoms with E-state index in [1.54, 1.807) is 32.4 Å². The van der Waals surface area contributed by atoms with Gasteiger partial charge in [-0.25, -0.2) is 0 Å². The number of ketones is 1. The summed E-state index contributed by atoms with van der Waals surface area (Å²) in [6, 6.07) is 12.8. The highest BCUT2D eigenvalue weighted by Gasteiger charge is 2.24. The van der Waals surface area contributed by atoms with Gasteiger partial charge in [-0.15, -0.1) is 0 Å². The molecule has 4 heteroatoms. The van der Waals surface area contributed by atoms with Gasteiger partial charge in [0.05, 0.1) is 19.8 Å². The quantitative estimate of drug-likeness (QED) is 0.815. The SMILES string of the molecule is COc1ccc2c(c1)OC/C(=C/c1ccccc1OC)C2=O. The fraction of sp³-hybridized carbons (Fsp3) is 0.167. The first kappa shape index (κ1) is 14.2. The maximum absolute atomic E-state index is 12.6. The summed E-state index contributed by atoms with van der Waals surface area (Å²) in [5, 5.41) is 0. The first-order valence-corrected chi connectivity index (χ1v) is 6.92. The van der Waals surface area contributed by atoms with E-state index >= 15 is 0 Å². The lowest BCUT2D eigenvalue weighted by Gasteiger charge is -2.19. The lowest BCUT2D eigenvalue weighted by molar-refractivity contribution is 0.100. The average Bonchev–Trinajstić information content (AvgIpc) is 2.57. The number of carbonyl (C=O) groups is 1. The second kappa shape index (κ2) is 5.93. The zero-order chi connectivity index (χ0) is 15.5. The molecule has 112 valence electrons. The fourth-order valence-electron chi connectivity index (χ4n) is 2.41. The first-order chi connectivity index (χ1) is 10.7. The summed E-state index contributed by atoms with van der Waals surface area (Å²) in [5.74, 6) is 1.92. The third-order valence-electron chi connectivity index (χ3n) is 3.58. The molecule has 0 N–H and O–H groups in total. The van der Waals surface area contributed by atoms with Crippen LogP contribution in [0.25, 0.3) is 6.08 Å². The molecular weight excluding hydrogens is 280 g/mol. The number of methoxy groups -OCH3 is 2. The topological polar surface area (TPSA) is 44.8 Å². The molecule has 0 saturated heterocycles. The van der Waals surface area contributed by atoms with Gasteiger partial charge < -0.3 is 14.2 Å². The monoisotopic (exact) mass is 296 g/mol. The van der Waals surface area contributed by atoms with E-state index in [-0.39, 0.29) is 12.4 Å². The minimum absolute atomic E-state index is 0.0326. The molecule has 0 bridgehead atoms. The Bertz CT molecular complexity index is 747. The highest BCUT2D eigenvalue weighted by Crippen LogP contribution is 2.32. The Labute approximate surface area is 128 Å². The maximum Gasteiger partial charge on any atom is 0.196 e. The van der Waals surface area contributed by atoms with Gasteiger partial charge in [0.25, 0.3) is 0 Å². The number of hydrogen-bond acceptors (Lipinski definition) is 4. The smallest absolute Gasteiger partial charge is 0.196 e. The van der Waals surface area contributed by atoms with Crippen molar-refractivity contribution in [1.82, 2.24) is 0 Å². The van der Waals surface area contributed by atoms with Crippen LogP contribution in [-0.2, 0) is 0 Å². The number of fused-ring (bicyclic) bond motifs is 1. The van der Waals surface area contributed by atoms with Gasteiger partial charge in [0.2, 0.25) is 0 Å². The maximum atomic E-state index is 12.6. The van der Waals surface area contributed by atoms with Gasteiger partial charge >= 0.3 is 0 Å². The molecule has 0 amide bonds. The Morgan fingerprint density at radius 1 is 1.09 bits per heavy atom. The number of hydrogen-bond donors (Lipinski definition) is 0. The number of rotatable bonds is 3. The Hall–Kier alpha value is -2.75. The van der Waals surface area contributed by atoms with E-state index < -0.39 is 0 Å². The molecule has 4 nitrogen and oxygen atoms in total. The number of para-hydroxylation sites is 1. The second-order valence-electron chi connectivity index (χ2n) is 4.89. The fourth-order valence-corrected chi connectivity index (χ4v) is 2.41. The molecular formula is C18H16O4. The zero-order valence-corrected chi connectivity index (χ0v) is 12.5. The molecule has 0 radical (unpaired) electrons. The van der Waals surface area contributed by atoms with Crippen LogP contribution in [0.4, 0.5) is 0 Å². The predicted molar refractivity (Wildman–Crippen MR) is 83.8 cm³/mol. The third-order valence-corrected chi connectivity index (χ3v) is 3.58. The van der Waals surface area contributed by atoms with Crippen LogP contribution in [0, 0.1) is 0 Å². The van der Waals surface area contributed by atoms with Crippen LogP contribution < -0.4 is 14.2 Å². The first-order valence-electron chi connectivity index (χ1n) is 6.92. The molecule has 1 heterocycles. The minimum atomic E-state index is -0.0326. The van der Waals surface area contributed by atoms with Gasteiger partial charge in [0.1, 0.15) is 23.9 Å². The number of carbonyl (C=O) groups excluding carboxylic acids is 1. The van der Waals surface area contributed by atoms with Gasteiger partial charge in [-0.05, 0) is 24.3 Å². The molecule has 0 spiro atoms. The molecule has 1 aliphatic heterocycles. The minimum Gasteiger partial charge on any atom is -0.497 e. The van der Waals surface area contributed by atoms with E-state index in [9.17, 15) is 4.79 Å². The van der Waals surface area contributed by atoms with Crippen molar-refractivity contribution in [3.05, 3.63) is 59.2 Å². The molecule has 0 atom stereocenters. The molecule has 0 unspecified atom stereocenters. The summed E-state index contributed by atoms with van der Waals surface area (Å²) < 4.78 is 16.1. The van der Waals surface area contributed by atoms with E-state index in [4.69, 9.17) is 14.2 Å². The van der Waals surface area contributed by atoms with Gasteiger partial charge in [-0.3, -0.25) is 4.79 Å². The molecule has 22 heavy (non-hydrogen) atoms. The number of benzene rings is 2. The Morgan fingerprint density at radius 2 is 1.91 bits per heavy atom. The van der Waals surface area contributed by atoms with E-state index in [1.807, 2.05) is 30.3 Å². The summed E-state index contributed by atoms with van der Waals surface area (Å²) in [5.41, 5.74) is 2.00. The summed E-state index contributed by atoms with van der Waals surface area (Å²) in [4.78, 5) is 12.6. The zero-order valence-electron chi connectivity index (χ0n) is 12.5. The van der Waals surface area contributed by atoms with E-state index in [2.05, 4.69) is 0 Å². The van der Waals surface area contributed by atoms with Gasteiger partial charge in [0.15, 0.2) is 5.78 Å². The van der Waals surface area contributed by atoms with Crippen molar-refractivity contribution >= 4 is 11.9 Å². The highest BCUT2D eigenvalue weighted by atomic mass is 16.5. The molecule has 0 aliphatic carbocycles. The molecule has 2 aromatic carbocycles. The van der Waals surface area contributed by atoms with Crippen LogP contribution >= 0.6 is 0 Å². The standard InChI is InChI=1S/C18H16O4/c1-20-14-7-8-15-17(10-14)22-11-13(18(15)19)9-12-5-3-4-6-16(12)21-2/h3-10H,11H2,1-2H3/b13-9-. The van der Waals surface area contributed by atoms with Crippen LogP contribution in [0.15, 0.2) is 48.0 Å². The largest absolute Gasteiger partial charge is 0.497 e. The van der Waals surface area contributed by atoms with E-state index in [0.29, 0.717) is 22.6 Å². The van der Waals surface area contributed by atoms with Gasteiger partial charge in [-0.1, -0.05) is 18.2 Å². The molecule has 0 fully saturated rings. The van der Waals surface area contributed by atoms with Crippen LogP contribution in [0.1, 0.15) is 15.9 Å². The van der Waals surface area contributed by atoms with Gasteiger partial charge in [0, 0.05) is 17.2 Å². The van der Waals surface area contributed by atoms with Crippen molar-refractivity contribution in [2.24, 2.45) is 0 Å².